The van der Waals surface area contributed by atoms with Crippen LogP contribution in [0.3, 0.4) is 0 Å². The Balaban J connectivity index is 2.41. The third-order valence-electron chi connectivity index (χ3n) is 2.83. The Morgan fingerprint density at radius 1 is 1.47 bits per heavy atom. The summed E-state index contributed by atoms with van der Waals surface area (Å²) in [4.78, 5) is 14.6. The molecule has 6 nitrogen and oxygen atoms in total. The lowest BCUT2D eigenvalue weighted by atomic mass is 10.1. The van der Waals surface area contributed by atoms with E-state index < -0.39 is 4.92 Å². The maximum atomic E-state index is 10.9. The second kappa shape index (κ2) is 5.62. The SMILES string of the molecule is CC(CN)COc1ccc([N+](=O)[O-])c2ncccc12. The maximum absolute atomic E-state index is 10.9. The number of hydrogen-bond acceptors (Lipinski definition) is 5. The van der Waals surface area contributed by atoms with Gasteiger partial charge >= 0.3 is 0 Å². The van der Waals surface area contributed by atoms with Crippen LogP contribution >= 0.6 is 0 Å². The van der Waals surface area contributed by atoms with E-state index in [4.69, 9.17) is 10.5 Å². The van der Waals surface area contributed by atoms with Crippen molar-refractivity contribution >= 4 is 16.6 Å². The molecule has 0 spiro atoms. The summed E-state index contributed by atoms with van der Waals surface area (Å²) in [6.45, 7) is 2.98. The number of aromatic nitrogens is 1. The van der Waals surface area contributed by atoms with Crippen molar-refractivity contribution in [3.05, 3.63) is 40.6 Å². The topological polar surface area (TPSA) is 91.3 Å². The van der Waals surface area contributed by atoms with Gasteiger partial charge in [-0.25, -0.2) is 4.98 Å². The molecule has 0 saturated heterocycles. The number of nitro groups is 1. The molecule has 0 aliphatic carbocycles. The number of nitrogens with zero attached hydrogens (tertiary/aromatic N) is 2. The van der Waals surface area contributed by atoms with Crippen molar-refractivity contribution in [3.63, 3.8) is 0 Å². The molecule has 2 aromatic rings. The fraction of sp³-hybridized carbons (Fsp3) is 0.308. The van der Waals surface area contributed by atoms with E-state index in [1.165, 1.54) is 12.3 Å². The molecule has 0 bridgehead atoms. The maximum Gasteiger partial charge on any atom is 0.295 e. The second-order valence-electron chi connectivity index (χ2n) is 4.39. The third-order valence-corrected chi connectivity index (χ3v) is 2.83. The zero-order valence-corrected chi connectivity index (χ0v) is 10.6. The summed E-state index contributed by atoms with van der Waals surface area (Å²) in [5.74, 6) is 0.816. The van der Waals surface area contributed by atoms with Crippen LogP contribution in [0.15, 0.2) is 30.5 Å². The minimum Gasteiger partial charge on any atom is -0.493 e. The molecule has 2 rings (SSSR count). The van der Waals surface area contributed by atoms with Gasteiger partial charge in [-0.05, 0) is 24.7 Å². The van der Waals surface area contributed by atoms with E-state index in [9.17, 15) is 10.1 Å². The van der Waals surface area contributed by atoms with E-state index in [2.05, 4.69) is 4.98 Å². The molecule has 2 N–H and O–H groups in total. The van der Waals surface area contributed by atoms with Gasteiger partial charge in [0, 0.05) is 23.6 Å². The van der Waals surface area contributed by atoms with E-state index in [-0.39, 0.29) is 11.6 Å². The molecule has 1 unspecified atom stereocenters. The van der Waals surface area contributed by atoms with Crippen LogP contribution < -0.4 is 10.5 Å². The predicted molar refractivity (Wildman–Crippen MR) is 72.1 cm³/mol. The molecule has 0 saturated carbocycles. The minimum atomic E-state index is -0.443. The van der Waals surface area contributed by atoms with Gasteiger partial charge in [0.1, 0.15) is 5.75 Å². The fourth-order valence-corrected chi connectivity index (χ4v) is 1.70. The Bertz CT molecular complexity index is 601. The molecule has 19 heavy (non-hydrogen) atoms. The molecule has 0 aliphatic rings. The van der Waals surface area contributed by atoms with Crippen molar-refractivity contribution in [2.45, 2.75) is 6.92 Å². The molecule has 6 heteroatoms. The van der Waals surface area contributed by atoms with Crippen molar-refractivity contribution in [1.29, 1.82) is 0 Å². The Morgan fingerprint density at radius 3 is 2.95 bits per heavy atom. The van der Waals surface area contributed by atoms with E-state index in [1.54, 1.807) is 18.2 Å². The van der Waals surface area contributed by atoms with E-state index in [1.807, 2.05) is 6.92 Å². The summed E-state index contributed by atoms with van der Waals surface area (Å²) in [6, 6.07) is 6.51. The van der Waals surface area contributed by atoms with Crippen molar-refractivity contribution in [2.75, 3.05) is 13.2 Å². The van der Waals surface area contributed by atoms with Crippen LogP contribution in [0.4, 0.5) is 5.69 Å². The molecule has 0 fully saturated rings. The Kier molecular flexibility index (Phi) is 3.91. The van der Waals surface area contributed by atoms with Crippen LogP contribution in [0, 0.1) is 16.0 Å². The molecule has 1 atom stereocenters. The highest BCUT2D eigenvalue weighted by molar-refractivity contribution is 5.91. The summed E-state index contributed by atoms with van der Waals surface area (Å²) in [7, 11) is 0. The zero-order chi connectivity index (χ0) is 13.8. The normalized spacial score (nSPS) is 12.3. The number of nitrogens with two attached hydrogens (primary N) is 1. The first-order chi connectivity index (χ1) is 9.13. The number of benzene rings is 1. The summed E-state index contributed by atoms with van der Waals surface area (Å²) in [5.41, 5.74) is 5.85. The highest BCUT2D eigenvalue weighted by atomic mass is 16.6. The summed E-state index contributed by atoms with van der Waals surface area (Å²) in [6.07, 6.45) is 1.53. The van der Waals surface area contributed by atoms with Crippen LogP contribution in [0.25, 0.3) is 10.9 Å². The second-order valence-corrected chi connectivity index (χ2v) is 4.39. The lowest BCUT2D eigenvalue weighted by molar-refractivity contribution is -0.383. The van der Waals surface area contributed by atoms with Gasteiger partial charge in [-0.15, -0.1) is 0 Å². The summed E-state index contributed by atoms with van der Waals surface area (Å²) in [5, 5.41) is 11.6. The predicted octanol–water partition coefficient (Wildman–Crippen LogP) is 2.12. The van der Waals surface area contributed by atoms with Crippen LogP contribution in [0.5, 0.6) is 5.75 Å². The van der Waals surface area contributed by atoms with Crippen molar-refractivity contribution < 1.29 is 9.66 Å². The quantitative estimate of drug-likeness (QED) is 0.657. The average molecular weight is 261 g/mol. The first kappa shape index (κ1) is 13.2. The number of hydrogen-bond donors (Lipinski definition) is 1. The molecule has 1 aromatic carbocycles. The first-order valence-corrected chi connectivity index (χ1v) is 5.98. The highest BCUT2D eigenvalue weighted by Gasteiger charge is 2.16. The van der Waals surface area contributed by atoms with Crippen molar-refractivity contribution in [3.8, 4) is 5.75 Å². The third kappa shape index (κ3) is 2.79. The van der Waals surface area contributed by atoms with Gasteiger partial charge in [0.05, 0.1) is 11.5 Å². The lowest BCUT2D eigenvalue weighted by Gasteiger charge is -2.12. The van der Waals surface area contributed by atoms with Crippen LogP contribution in [-0.4, -0.2) is 23.1 Å². The number of non-ortho nitro benzene ring substituents is 1. The van der Waals surface area contributed by atoms with Gasteiger partial charge in [-0.2, -0.15) is 0 Å². The monoisotopic (exact) mass is 261 g/mol. The Hall–Kier alpha value is -2.21. The number of fused-ring (bicyclic) bond motifs is 1. The van der Waals surface area contributed by atoms with Gasteiger partial charge in [0.2, 0.25) is 0 Å². The highest BCUT2D eigenvalue weighted by Crippen LogP contribution is 2.31. The molecule has 0 amide bonds. The Labute approximate surface area is 110 Å². The van der Waals surface area contributed by atoms with Gasteiger partial charge in [-0.1, -0.05) is 6.92 Å². The molecule has 1 aromatic heterocycles. The van der Waals surface area contributed by atoms with E-state index >= 15 is 0 Å². The van der Waals surface area contributed by atoms with Crippen LogP contribution in [0.2, 0.25) is 0 Å². The number of nitro benzene ring substituents is 1. The van der Waals surface area contributed by atoms with Gasteiger partial charge < -0.3 is 10.5 Å². The molecule has 1 heterocycles. The van der Waals surface area contributed by atoms with Crippen molar-refractivity contribution in [2.24, 2.45) is 11.7 Å². The van der Waals surface area contributed by atoms with Crippen LogP contribution in [0.1, 0.15) is 6.92 Å². The van der Waals surface area contributed by atoms with Gasteiger partial charge in [0.15, 0.2) is 5.52 Å². The molecular weight excluding hydrogens is 246 g/mol. The van der Waals surface area contributed by atoms with E-state index in [0.717, 1.165) is 0 Å². The van der Waals surface area contributed by atoms with Gasteiger partial charge in [0.25, 0.3) is 5.69 Å². The minimum absolute atomic E-state index is 0.0187. The average Bonchev–Trinajstić information content (AvgIpc) is 2.43. The largest absolute Gasteiger partial charge is 0.493 e. The smallest absolute Gasteiger partial charge is 0.295 e. The number of pyridine rings is 1. The summed E-state index contributed by atoms with van der Waals surface area (Å²) >= 11 is 0. The first-order valence-electron chi connectivity index (χ1n) is 5.98. The molecule has 100 valence electrons. The zero-order valence-electron chi connectivity index (χ0n) is 10.6. The lowest BCUT2D eigenvalue weighted by Crippen LogP contribution is -2.18. The van der Waals surface area contributed by atoms with Gasteiger partial charge in [-0.3, -0.25) is 10.1 Å². The molecule has 0 aliphatic heterocycles. The number of rotatable bonds is 5. The molecule has 0 radical (unpaired) electrons. The van der Waals surface area contributed by atoms with Crippen molar-refractivity contribution in [1.82, 2.24) is 4.98 Å². The number of ether oxygens (including phenoxy) is 1. The molecular formula is C13H15N3O3. The Morgan fingerprint density at radius 2 is 2.26 bits per heavy atom. The van der Waals surface area contributed by atoms with E-state index in [0.29, 0.717) is 29.8 Å². The standard InChI is InChI=1S/C13H15N3O3/c1-9(7-14)8-19-12-5-4-11(16(17)18)13-10(12)3-2-6-15-13/h2-6,9H,7-8,14H2,1H3. The van der Waals surface area contributed by atoms with Crippen LogP contribution in [-0.2, 0) is 0 Å². The summed E-state index contributed by atoms with van der Waals surface area (Å²) < 4.78 is 5.66. The fourth-order valence-electron chi connectivity index (χ4n) is 1.70.